The first kappa shape index (κ1) is 21.2. The number of aryl methyl sites for hydroxylation is 2. The Kier molecular flexibility index (Phi) is 5.80. The van der Waals surface area contributed by atoms with Crippen LogP contribution in [0.25, 0.3) is 10.2 Å². The van der Waals surface area contributed by atoms with Crippen molar-refractivity contribution in [3.63, 3.8) is 0 Å². The number of rotatable bonds is 6. The van der Waals surface area contributed by atoms with Crippen LogP contribution in [0, 0.1) is 13.8 Å². The van der Waals surface area contributed by atoms with Crippen molar-refractivity contribution in [1.29, 1.82) is 0 Å². The van der Waals surface area contributed by atoms with Crippen LogP contribution in [0.5, 0.6) is 0 Å². The van der Waals surface area contributed by atoms with E-state index in [0.29, 0.717) is 11.7 Å². The van der Waals surface area contributed by atoms with Crippen molar-refractivity contribution < 1.29 is 9.21 Å². The van der Waals surface area contributed by atoms with Crippen LogP contribution in [0.3, 0.4) is 0 Å². The zero-order valence-electron chi connectivity index (χ0n) is 18.6. The Labute approximate surface area is 197 Å². The lowest BCUT2D eigenvalue weighted by Crippen LogP contribution is -2.35. The Morgan fingerprint density at radius 2 is 1.61 bits per heavy atom. The van der Waals surface area contributed by atoms with Gasteiger partial charge < -0.3 is 4.42 Å². The number of anilines is 1. The van der Waals surface area contributed by atoms with Crippen LogP contribution in [-0.2, 0) is 11.3 Å². The minimum atomic E-state index is -0.447. The molecule has 0 spiro atoms. The number of amides is 1. The van der Waals surface area contributed by atoms with Crippen LogP contribution in [0.1, 0.15) is 33.9 Å². The summed E-state index contributed by atoms with van der Waals surface area (Å²) in [6, 6.07) is 27.8. The fraction of sp³-hybridized carbons (Fsp3) is 0.143. The summed E-state index contributed by atoms with van der Waals surface area (Å²) < 4.78 is 6.71. The molecule has 1 amide bonds. The first-order valence-electron chi connectivity index (χ1n) is 10.9. The largest absolute Gasteiger partial charge is 0.467 e. The molecule has 0 radical (unpaired) electrons. The highest BCUT2D eigenvalue weighted by molar-refractivity contribution is 7.22. The molecule has 5 rings (SSSR count). The van der Waals surface area contributed by atoms with E-state index in [1.54, 1.807) is 22.5 Å². The summed E-state index contributed by atoms with van der Waals surface area (Å²) in [6.45, 7) is 4.46. The van der Waals surface area contributed by atoms with Gasteiger partial charge in [-0.05, 0) is 54.3 Å². The maximum atomic E-state index is 14.3. The number of carbonyl (C=O) groups excluding carboxylic acids is 1. The third-order valence-corrected chi connectivity index (χ3v) is 6.75. The average molecular weight is 453 g/mol. The Morgan fingerprint density at radius 1 is 0.939 bits per heavy atom. The summed E-state index contributed by atoms with van der Waals surface area (Å²) in [5.74, 6) is 0.241. The Balaban J connectivity index is 1.64. The molecule has 0 aliphatic carbocycles. The van der Waals surface area contributed by atoms with Gasteiger partial charge >= 0.3 is 0 Å². The van der Waals surface area contributed by atoms with Gasteiger partial charge in [0.2, 0.25) is 5.91 Å². The molecule has 0 aliphatic heterocycles. The summed E-state index contributed by atoms with van der Waals surface area (Å²) in [4.78, 5) is 20.9. The summed E-state index contributed by atoms with van der Waals surface area (Å²) in [5.41, 5.74) is 5.14. The molecule has 0 fully saturated rings. The van der Waals surface area contributed by atoms with Gasteiger partial charge in [0, 0.05) is 0 Å². The zero-order valence-corrected chi connectivity index (χ0v) is 19.4. The van der Waals surface area contributed by atoms with Crippen LogP contribution in [0.2, 0.25) is 0 Å². The van der Waals surface area contributed by atoms with E-state index in [9.17, 15) is 4.79 Å². The number of carbonyl (C=O) groups is 1. The predicted octanol–water partition coefficient (Wildman–Crippen LogP) is 6.87. The molecule has 2 heterocycles. The van der Waals surface area contributed by atoms with Crippen molar-refractivity contribution in [3.05, 3.63) is 119 Å². The average Bonchev–Trinajstić information content (AvgIpc) is 3.49. The molecule has 5 aromatic rings. The van der Waals surface area contributed by atoms with Crippen molar-refractivity contribution in [2.24, 2.45) is 0 Å². The smallest absolute Gasteiger partial charge is 0.241 e. The quantitative estimate of drug-likeness (QED) is 0.282. The van der Waals surface area contributed by atoms with Crippen LogP contribution in [0.4, 0.5) is 5.13 Å². The van der Waals surface area contributed by atoms with E-state index in [1.165, 1.54) is 5.56 Å². The number of hydrogen-bond acceptors (Lipinski definition) is 4. The van der Waals surface area contributed by atoms with Gasteiger partial charge in [-0.3, -0.25) is 9.69 Å². The first-order chi connectivity index (χ1) is 16.1. The van der Waals surface area contributed by atoms with Gasteiger partial charge in [0.25, 0.3) is 0 Å². The molecule has 0 saturated carbocycles. The monoisotopic (exact) mass is 452 g/mol. The standard InChI is InChI=1S/C28H24N2O2S/c1-19-16-20(2)26-24(17-19)33-28(29-26)30(18-23-14-9-15-32-23)27(31)25(21-10-5-3-6-11-21)22-12-7-4-8-13-22/h3-17,25H,18H2,1-2H3. The highest BCUT2D eigenvalue weighted by atomic mass is 32.1. The van der Waals surface area contributed by atoms with Gasteiger partial charge in [-0.2, -0.15) is 0 Å². The van der Waals surface area contributed by atoms with E-state index in [-0.39, 0.29) is 5.91 Å². The topological polar surface area (TPSA) is 46.3 Å². The normalized spacial score (nSPS) is 11.2. The number of nitrogens with zero attached hydrogens (tertiary/aromatic N) is 2. The zero-order chi connectivity index (χ0) is 22.8. The summed E-state index contributed by atoms with van der Waals surface area (Å²) in [6.07, 6.45) is 1.63. The molecule has 0 unspecified atom stereocenters. The van der Waals surface area contributed by atoms with Crippen LogP contribution >= 0.6 is 11.3 Å². The molecule has 2 aromatic heterocycles. The van der Waals surface area contributed by atoms with E-state index in [1.807, 2.05) is 72.8 Å². The van der Waals surface area contributed by atoms with E-state index in [0.717, 1.165) is 32.7 Å². The number of aromatic nitrogens is 1. The van der Waals surface area contributed by atoms with Crippen molar-refractivity contribution in [3.8, 4) is 0 Å². The maximum absolute atomic E-state index is 14.3. The second-order valence-electron chi connectivity index (χ2n) is 8.18. The van der Waals surface area contributed by atoms with Crippen LogP contribution in [-0.4, -0.2) is 10.9 Å². The summed E-state index contributed by atoms with van der Waals surface area (Å²) in [7, 11) is 0. The number of benzene rings is 3. The Hall–Kier alpha value is -3.70. The molecule has 164 valence electrons. The summed E-state index contributed by atoms with van der Waals surface area (Å²) in [5, 5.41) is 0.678. The minimum Gasteiger partial charge on any atom is -0.467 e. The second-order valence-corrected chi connectivity index (χ2v) is 9.19. The molecule has 0 N–H and O–H groups in total. The lowest BCUT2D eigenvalue weighted by molar-refractivity contribution is -0.119. The number of fused-ring (bicyclic) bond motifs is 1. The van der Waals surface area contributed by atoms with Gasteiger partial charge in [-0.15, -0.1) is 0 Å². The van der Waals surface area contributed by atoms with E-state index in [2.05, 4.69) is 26.0 Å². The van der Waals surface area contributed by atoms with Crippen molar-refractivity contribution in [2.45, 2.75) is 26.3 Å². The van der Waals surface area contributed by atoms with Gasteiger partial charge in [0.05, 0.1) is 28.9 Å². The predicted molar refractivity (Wildman–Crippen MR) is 134 cm³/mol. The van der Waals surface area contributed by atoms with E-state index < -0.39 is 5.92 Å². The minimum absolute atomic E-state index is 0.0303. The number of furan rings is 1. The van der Waals surface area contributed by atoms with Gasteiger partial charge in [0.1, 0.15) is 5.76 Å². The highest BCUT2D eigenvalue weighted by Gasteiger charge is 2.31. The van der Waals surface area contributed by atoms with Crippen molar-refractivity contribution >= 4 is 32.6 Å². The van der Waals surface area contributed by atoms with Gasteiger partial charge in [-0.25, -0.2) is 4.98 Å². The van der Waals surface area contributed by atoms with Crippen molar-refractivity contribution in [2.75, 3.05) is 4.90 Å². The van der Waals surface area contributed by atoms with E-state index >= 15 is 0 Å². The fourth-order valence-corrected chi connectivity index (χ4v) is 5.34. The summed E-state index contributed by atoms with van der Waals surface area (Å²) >= 11 is 1.54. The van der Waals surface area contributed by atoms with Crippen LogP contribution < -0.4 is 4.90 Å². The number of thiazole rings is 1. The first-order valence-corrected chi connectivity index (χ1v) is 11.7. The maximum Gasteiger partial charge on any atom is 0.241 e. The molecule has 4 nitrogen and oxygen atoms in total. The molecule has 0 saturated heterocycles. The SMILES string of the molecule is Cc1cc(C)c2nc(N(Cc3ccco3)C(=O)C(c3ccccc3)c3ccccc3)sc2c1. The Morgan fingerprint density at radius 3 is 2.21 bits per heavy atom. The molecule has 0 bridgehead atoms. The Bertz CT molecular complexity index is 1340. The molecule has 0 aliphatic rings. The van der Waals surface area contributed by atoms with Crippen LogP contribution in [0.15, 0.2) is 95.6 Å². The van der Waals surface area contributed by atoms with Gasteiger partial charge in [-0.1, -0.05) is 78.1 Å². The molecule has 33 heavy (non-hydrogen) atoms. The molecule has 5 heteroatoms. The lowest BCUT2D eigenvalue weighted by atomic mass is 9.90. The third-order valence-electron chi connectivity index (χ3n) is 5.72. The molecular formula is C28H24N2O2S. The third kappa shape index (κ3) is 4.32. The van der Waals surface area contributed by atoms with Gasteiger partial charge in [0.15, 0.2) is 5.13 Å². The van der Waals surface area contributed by atoms with Crippen molar-refractivity contribution in [1.82, 2.24) is 4.98 Å². The second kappa shape index (κ2) is 9.04. The molecule has 0 atom stereocenters. The highest BCUT2D eigenvalue weighted by Crippen LogP contribution is 2.36. The van der Waals surface area contributed by atoms with E-state index in [4.69, 9.17) is 9.40 Å². The fourth-order valence-electron chi connectivity index (χ4n) is 4.20. The number of hydrogen-bond donors (Lipinski definition) is 0. The lowest BCUT2D eigenvalue weighted by Gasteiger charge is -2.25. The molecular weight excluding hydrogens is 428 g/mol. The molecule has 3 aromatic carbocycles.